The van der Waals surface area contributed by atoms with Gasteiger partial charge in [-0.3, -0.25) is 4.90 Å². The average molecular weight is 493 g/mol. The monoisotopic (exact) mass is 491 g/mol. The topological polar surface area (TPSA) is 54.5 Å². The molecule has 3 aromatic rings. The van der Waals surface area contributed by atoms with Gasteiger partial charge in [-0.05, 0) is 33.9 Å². The third-order valence-corrected chi connectivity index (χ3v) is 6.17. The van der Waals surface area contributed by atoms with E-state index < -0.39 is 0 Å². The molecule has 2 aliphatic rings. The van der Waals surface area contributed by atoms with E-state index in [2.05, 4.69) is 46.7 Å². The maximum absolute atomic E-state index is 13.1. The van der Waals surface area contributed by atoms with Crippen molar-refractivity contribution in [2.45, 2.75) is 12.0 Å². The van der Waals surface area contributed by atoms with E-state index in [1.54, 1.807) is 17.2 Å². The summed E-state index contributed by atoms with van der Waals surface area (Å²) in [5, 5.41) is 3.79. The molecule has 5 nitrogen and oxygen atoms in total. The van der Waals surface area contributed by atoms with E-state index in [0.717, 1.165) is 12.1 Å². The van der Waals surface area contributed by atoms with Gasteiger partial charge in [-0.2, -0.15) is 0 Å². The smallest absolute Gasteiger partial charge is 0.410 e. The lowest BCUT2D eigenvalue weighted by atomic mass is 9.98. The van der Waals surface area contributed by atoms with Gasteiger partial charge in [0.15, 0.2) is 0 Å². The molecule has 2 aromatic carbocycles. The number of pyridine rings is 1. The Morgan fingerprint density at radius 2 is 1.69 bits per heavy atom. The minimum absolute atomic E-state index is 0. The molecule has 1 atom stereocenters. The second-order valence-electron chi connectivity index (χ2n) is 7.63. The Balaban J connectivity index is 0.00000144. The first kappa shape index (κ1) is 24.3. The number of piperazine rings is 1. The highest BCUT2D eigenvalue weighted by molar-refractivity contribution is 6.29. The summed E-state index contributed by atoms with van der Waals surface area (Å²) in [5.74, 6) is 0.0555. The van der Waals surface area contributed by atoms with Crippen LogP contribution in [0.3, 0.4) is 0 Å². The van der Waals surface area contributed by atoms with Crippen LogP contribution in [0.25, 0.3) is 11.1 Å². The fourth-order valence-electron chi connectivity index (χ4n) is 4.48. The first-order valence-electron chi connectivity index (χ1n) is 10.2. The van der Waals surface area contributed by atoms with Crippen molar-refractivity contribution in [2.75, 3.05) is 26.2 Å². The third-order valence-electron chi connectivity index (χ3n) is 5.95. The Labute approximate surface area is 205 Å². The van der Waals surface area contributed by atoms with Crippen molar-refractivity contribution in [3.63, 3.8) is 0 Å². The number of nitrogens with one attached hydrogen (secondary N) is 1. The Hall–Kier alpha value is -2.31. The molecule has 1 saturated heterocycles. The fraction of sp³-hybridized carbons (Fsp3) is 0.250. The number of ether oxygens (including phenoxy) is 1. The number of carbonyl (C=O) groups is 1. The van der Waals surface area contributed by atoms with E-state index >= 15 is 0 Å². The van der Waals surface area contributed by atoms with Gasteiger partial charge in [0.25, 0.3) is 0 Å². The molecule has 1 unspecified atom stereocenters. The number of halogens is 3. The molecule has 32 heavy (non-hydrogen) atoms. The van der Waals surface area contributed by atoms with Crippen LogP contribution < -0.4 is 5.32 Å². The number of fused-ring (bicyclic) bond motifs is 3. The number of amides is 1. The molecule has 168 valence electrons. The molecular weight excluding hydrogens is 469 g/mol. The summed E-state index contributed by atoms with van der Waals surface area (Å²) in [6.07, 6.45) is 1.43. The minimum atomic E-state index is -0.293. The average Bonchev–Trinajstić information content (AvgIpc) is 3.12. The second kappa shape index (κ2) is 10.5. The summed E-state index contributed by atoms with van der Waals surface area (Å²) in [7, 11) is 0. The van der Waals surface area contributed by atoms with E-state index in [1.165, 1.54) is 22.3 Å². The number of carbonyl (C=O) groups excluding carboxylic acids is 1. The van der Waals surface area contributed by atoms with Gasteiger partial charge in [-0.25, -0.2) is 9.78 Å². The molecule has 0 radical (unpaired) electrons. The predicted molar refractivity (Wildman–Crippen MR) is 131 cm³/mol. The van der Waals surface area contributed by atoms with Crippen molar-refractivity contribution in [3.05, 3.63) is 88.7 Å². The molecule has 2 heterocycles. The standard InChI is InChI=1S/C24H22ClN3O2.2ClH/c25-23-10-9-16(13-27-23)22-14-26-11-12-28(22)24(29)30-15-21-19-7-3-1-5-17(19)18-6-2-4-8-20(18)21;;/h1-10,13,21-22,26H,11-12,14-15H2;2*1H. The van der Waals surface area contributed by atoms with Crippen molar-refractivity contribution < 1.29 is 9.53 Å². The Morgan fingerprint density at radius 3 is 2.31 bits per heavy atom. The van der Waals surface area contributed by atoms with E-state index in [4.69, 9.17) is 16.3 Å². The van der Waals surface area contributed by atoms with Gasteiger partial charge >= 0.3 is 6.09 Å². The largest absolute Gasteiger partial charge is 0.448 e. The zero-order chi connectivity index (χ0) is 20.5. The number of hydrogen-bond donors (Lipinski definition) is 1. The lowest BCUT2D eigenvalue weighted by Crippen LogP contribution is -2.49. The molecule has 1 amide bonds. The minimum Gasteiger partial charge on any atom is -0.448 e. The molecule has 1 fully saturated rings. The molecule has 5 rings (SSSR count). The molecule has 8 heteroatoms. The number of nitrogens with zero attached hydrogens (tertiary/aromatic N) is 2. The lowest BCUT2D eigenvalue weighted by molar-refractivity contribution is 0.0752. The zero-order valence-corrected chi connectivity index (χ0v) is 19.6. The van der Waals surface area contributed by atoms with Crippen molar-refractivity contribution >= 4 is 42.5 Å². The van der Waals surface area contributed by atoms with Crippen molar-refractivity contribution in [1.29, 1.82) is 0 Å². The summed E-state index contributed by atoms with van der Waals surface area (Å²) < 4.78 is 5.87. The van der Waals surface area contributed by atoms with Crippen LogP contribution in [0, 0.1) is 0 Å². The van der Waals surface area contributed by atoms with Gasteiger partial charge in [-0.15, -0.1) is 24.8 Å². The Kier molecular flexibility index (Phi) is 8.01. The quantitative estimate of drug-likeness (QED) is 0.492. The van der Waals surface area contributed by atoms with Gasteiger partial charge in [0.05, 0.1) is 6.04 Å². The Bertz CT molecular complexity index is 1030. The van der Waals surface area contributed by atoms with Gasteiger partial charge in [0.1, 0.15) is 11.8 Å². The molecule has 0 bridgehead atoms. The SMILES string of the molecule is Cl.Cl.O=C(OCC1c2ccccc2-c2ccccc21)N1CCNCC1c1ccc(Cl)nc1. The maximum atomic E-state index is 13.1. The van der Waals surface area contributed by atoms with E-state index in [-0.39, 0.29) is 42.9 Å². The first-order chi connectivity index (χ1) is 14.7. The molecular formula is C24H24Cl3N3O2. The van der Waals surface area contributed by atoms with Crippen LogP contribution >= 0.6 is 36.4 Å². The Morgan fingerprint density at radius 1 is 1.03 bits per heavy atom. The summed E-state index contributed by atoms with van der Waals surface area (Å²) in [6.45, 7) is 2.31. The molecule has 0 saturated carbocycles. The molecule has 1 aromatic heterocycles. The first-order valence-corrected chi connectivity index (χ1v) is 10.5. The molecule has 1 aliphatic heterocycles. The lowest BCUT2D eigenvalue weighted by Gasteiger charge is -2.35. The number of aromatic nitrogens is 1. The highest BCUT2D eigenvalue weighted by Crippen LogP contribution is 2.44. The highest BCUT2D eigenvalue weighted by Gasteiger charge is 2.32. The number of rotatable bonds is 3. The maximum Gasteiger partial charge on any atom is 0.410 e. The summed E-state index contributed by atoms with van der Waals surface area (Å²) in [6, 6.07) is 20.2. The van der Waals surface area contributed by atoms with E-state index in [1.807, 2.05) is 18.2 Å². The number of hydrogen-bond acceptors (Lipinski definition) is 4. The van der Waals surface area contributed by atoms with Gasteiger partial charge < -0.3 is 10.1 Å². The van der Waals surface area contributed by atoms with Crippen molar-refractivity contribution in [3.8, 4) is 11.1 Å². The molecule has 0 spiro atoms. The zero-order valence-electron chi connectivity index (χ0n) is 17.2. The summed E-state index contributed by atoms with van der Waals surface area (Å²) in [5.41, 5.74) is 5.82. The van der Waals surface area contributed by atoms with Crippen molar-refractivity contribution in [2.24, 2.45) is 0 Å². The van der Waals surface area contributed by atoms with Gasteiger partial charge in [0, 0.05) is 31.7 Å². The van der Waals surface area contributed by atoms with Crippen LogP contribution in [0.5, 0.6) is 0 Å². The normalized spacial score (nSPS) is 16.9. The van der Waals surface area contributed by atoms with Crippen LogP contribution in [-0.4, -0.2) is 42.2 Å². The highest BCUT2D eigenvalue weighted by atomic mass is 35.5. The van der Waals surface area contributed by atoms with E-state index in [0.29, 0.717) is 24.8 Å². The molecule has 1 N–H and O–H groups in total. The van der Waals surface area contributed by atoms with Crippen LogP contribution in [0.4, 0.5) is 4.79 Å². The van der Waals surface area contributed by atoms with Crippen LogP contribution in [0.15, 0.2) is 66.9 Å². The van der Waals surface area contributed by atoms with E-state index in [9.17, 15) is 4.79 Å². The fourth-order valence-corrected chi connectivity index (χ4v) is 4.59. The van der Waals surface area contributed by atoms with Crippen LogP contribution in [0.1, 0.15) is 28.7 Å². The van der Waals surface area contributed by atoms with Crippen LogP contribution in [-0.2, 0) is 4.74 Å². The summed E-state index contributed by atoms with van der Waals surface area (Å²) >= 11 is 5.92. The van der Waals surface area contributed by atoms with Crippen molar-refractivity contribution in [1.82, 2.24) is 15.2 Å². The second-order valence-corrected chi connectivity index (χ2v) is 8.02. The predicted octanol–water partition coefficient (Wildman–Crippen LogP) is 5.47. The van der Waals surface area contributed by atoms with Gasteiger partial charge in [-0.1, -0.05) is 66.2 Å². The number of benzene rings is 2. The van der Waals surface area contributed by atoms with Crippen LogP contribution in [0.2, 0.25) is 5.15 Å². The van der Waals surface area contributed by atoms with Gasteiger partial charge in [0.2, 0.25) is 0 Å². The molecule has 1 aliphatic carbocycles. The third kappa shape index (κ3) is 4.57. The summed E-state index contributed by atoms with van der Waals surface area (Å²) in [4.78, 5) is 19.0.